The molecule has 4 heteroatoms. The molecular formula is C24H21FINS. The molecule has 1 heterocycles. The first-order valence-corrected chi connectivity index (χ1v) is 11.7. The Bertz CT molecular complexity index is 1150. The van der Waals surface area contributed by atoms with Gasteiger partial charge in [0, 0.05) is 10.8 Å². The highest BCUT2D eigenvalue weighted by Gasteiger charge is 2.22. The quantitative estimate of drug-likeness (QED) is 0.200. The van der Waals surface area contributed by atoms with Crippen LogP contribution in [0.4, 0.5) is 15.8 Å². The predicted octanol–water partition coefficient (Wildman–Crippen LogP) is 8.73. The van der Waals surface area contributed by atoms with Crippen molar-refractivity contribution in [3.8, 4) is 0 Å². The summed E-state index contributed by atoms with van der Waals surface area (Å²) in [4.78, 5) is 0. The van der Waals surface area contributed by atoms with E-state index in [0.717, 1.165) is 25.9 Å². The van der Waals surface area contributed by atoms with Crippen molar-refractivity contribution >= 4 is 65.7 Å². The number of thiophene rings is 1. The van der Waals surface area contributed by atoms with E-state index in [9.17, 15) is 4.39 Å². The van der Waals surface area contributed by atoms with E-state index < -0.39 is 0 Å². The van der Waals surface area contributed by atoms with Crippen molar-refractivity contribution in [1.82, 2.24) is 0 Å². The lowest BCUT2D eigenvalue weighted by molar-refractivity contribution is 0.444. The van der Waals surface area contributed by atoms with Crippen LogP contribution in [-0.4, -0.2) is 0 Å². The Kier molecular flexibility index (Phi) is 5.01. The molecule has 0 spiro atoms. The minimum Gasteiger partial charge on any atom is -0.281 e. The van der Waals surface area contributed by atoms with E-state index in [-0.39, 0.29) is 5.82 Å². The summed E-state index contributed by atoms with van der Waals surface area (Å²) in [6.45, 7) is 0. The normalized spacial score (nSPS) is 15.4. The second-order valence-corrected chi connectivity index (χ2v) is 9.53. The number of anilines is 2. The molecular weight excluding hydrogens is 480 g/mol. The Hall–Kier alpha value is -1.66. The zero-order valence-electron chi connectivity index (χ0n) is 15.5. The molecule has 3 aromatic carbocycles. The van der Waals surface area contributed by atoms with Crippen LogP contribution in [0.15, 0.2) is 60.7 Å². The summed E-state index contributed by atoms with van der Waals surface area (Å²) in [7, 11) is 0. The number of para-hydroxylation sites is 1. The monoisotopic (exact) mass is 501 g/mol. The van der Waals surface area contributed by atoms with Gasteiger partial charge in [-0.05, 0) is 42.5 Å². The van der Waals surface area contributed by atoms with E-state index in [4.69, 9.17) is 0 Å². The van der Waals surface area contributed by atoms with Crippen LogP contribution in [-0.2, 0) is 0 Å². The molecule has 1 nitrogen and oxygen atoms in total. The predicted molar refractivity (Wildman–Crippen MR) is 128 cm³/mol. The molecule has 0 saturated heterocycles. The first kappa shape index (κ1) is 18.4. The van der Waals surface area contributed by atoms with Crippen molar-refractivity contribution in [1.29, 1.82) is 0 Å². The van der Waals surface area contributed by atoms with E-state index in [1.807, 2.05) is 6.07 Å². The minimum absolute atomic E-state index is 0.132. The van der Waals surface area contributed by atoms with E-state index in [0.29, 0.717) is 5.92 Å². The summed E-state index contributed by atoms with van der Waals surface area (Å²) in [5, 5.41) is 2.14. The Labute approximate surface area is 182 Å². The molecule has 0 radical (unpaired) electrons. The van der Waals surface area contributed by atoms with Crippen LogP contribution in [0, 0.1) is 5.82 Å². The molecule has 0 aliphatic heterocycles. The molecule has 1 aliphatic carbocycles. The molecule has 0 amide bonds. The van der Waals surface area contributed by atoms with Crippen molar-refractivity contribution in [3.63, 3.8) is 0 Å². The topological polar surface area (TPSA) is 3.24 Å². The molecule has 0 unspecified atom stereocenters. The summed E-state index contributed by atoms with van der Waals surface area (Å²) < 4.78 is 18.6. The molecule has 0 N–H and O–H groups in total. The Morgan fingerprint density at radius 1 is 0.786 bits per heavy atom. The zero-order chi connectivity index (χ0) is 19.1. The maximum absolute atomic E-state index is 14.4. The van der Waals surface area contributed by atoms with Gasteiger partial charge >= 0.3 is 0 Å². The average molecular weight is 501 g/mol. The molecule has 1 aromatic heterocycles. The molecule has 0 bridgehead atoms. The van der Waals surface area contributed by atoms with Crippen LogP contribution in [0.3, 0.4) is 0 Å². The van der Waals surface area contributed by atoms with Crippen LogP contribution in [0.5, 0.6) is 0 Å². The number of nitrogens with zero attached hydrogens (tertiary/aromatic N) is 1. The van der Waals surface area contributed by atoms with E-state index in [1.54, 1.807) is 23.5 Å². The van der Waals surface area contributed by atoms with Gasteiger partial charge in [0.15, 0.2) is 0 Å². The molecule has 28 heavy (non-hydrogen) atoms. The largest absolute Gasteiger partial charge is 0.281 e. The maximum Gasteiger partial charge on any atom is 0.141 e. The summed E-state index contributed by atoms with van der Waals surface area (Å²) >= 11 is 3.98. The van der Waals surface area contributed by atoms with Crippen molar-refractivity contribution in [2.75, 3.05) is 3.11 Å². The summed E-state index contributed by atoms with van der Waals surface area (Å²) in [6, 6.07) is 20.5. The van der Waals surface area contributed by atoms with Gasteiger partial charge in [0.1, 0.15) is 5.82 Å². The summed E-state index contributed by atoms with van der Waals surface area (Å²) in [5.41, 5.74) is 3.85. The minimum atomic E-state index is -0.132. The van der Waals surface area contributed by atoms with Crippen molar-refractivity contribution < 1.29 is 4.39 Å². The first-order valence-electron chi connectivity index (χ1n) is 9.88. The molecule has 1 saturated carbocycles. The molecule has 1 fully saturated rings. The lowest BCUT2D eigenvalue weighted by Crippen LogP contribution is -2.10. The van der Waals surface area contributed by atoms with Gasteiger partial charge in [0.25, 0.3) is 0 Å². The fourth-order valence-electron chi connectivity index (χ4n) is 4.48. The van der Waals surface area contributed by atoms with Gasteiger partial charge in [-0.1, -0.05) is 61.7 Å². The standard InChI is InChI=1S/C24H21FINS/c25-20-13-6-11-18-19-12-7-15-22(24(19)28-23(18)20)27(26)21-14-5-4-10-17(21)16-8-2-1-3-9-16/h4-7,10-16H,1-3,8-9H2. The second-order valence-electron chi connectivity index (χ2n) is 7.55. The lowest BCUT2D eigenvalue weighted by Gasteiger charge is -2.28. The van der Waals surface area contributed by atoms with Crippen LogP contribution in [0.25, 0.3) is 20.2 Å². The van der Waals surface area contributed by atoms with Gasteiger partial charge in [-0.25, -0.2) is 4.39 Å². The fourth-order valence-corrected chi connectivity index (χ4v) is 6.69. The van der Waals surface area contributed by atoms with E-state index in [2.05, 4.69) is 68.4 Å². The highest BCUT2D eigenvalue weighted by atomic mass is 127. The van der Waals surface area contributed by atoms with Crippen LogP contribution in [0.1, 0.15) is 43.6 Å². The molecule has 5 rings (SSSR count). The molecule has 4 aromatic rings. The SMILES string of the molecule is Fc1cccc2c1sc1c(N(I)c3ccccc3C3CCCCC3)cccc12. The summed E-state index contributed by atoms with van der Waals surface area (Å²) in [5.74, 6) is 0.508. The number of hydrogen-bond acceptors (Lipinski definition) is 2. The molecule has 0 atom stereocenters. The van der Waals surface area contributed by atoms with Gasteiger partial charge in [-0.15, -0.1) is 11.3 Å². The highest BCUT2D eigenvalue weighted by Crippen LogP contribution is 2.46. The van der Waals surface area contributed by atoms with Gasteiger partial charge in [0.05, 0.1) is 43.6 Å². The van der Waals surface area contributed by atoms with Crippen LogP contribution >= 0.6 is 34.2 Å². The smallest absolute Gasteiger partial charge is 0.141 e. The van der Waals surface area contributed by atoms with Gasteiger partial charge < -0.3 is 0 Å². The number of hydrogen-bond donors (Lipinski definition) is 0. The van der Waals surface area contributed by atoms with Crippen molar-refractivity contribution in [2.24, 2.45) is 0 Å². The highest BCUT2D eigenvalue weighted by molar-refractivity contribution is 14.1. The fraction of sp³-hybridized carbons (Fsp3) is 0.250. The third kappa shape index (κ3) is 3.11. The average Bonchev–Trinajstić information content (AvgIpc) is 3.14. The molecule has 142 valence electrons. The maximum atomic E-state index is 14.4. The number of halogens is 2. The van der Waals surface area contributed by atoms with E-state index >= 15 is 0 Å². The van der Waals surface area contributed by atoms with Crippen molar-refractivity contribution in [2.45, 2.75) is 38.0 Å². The third-order valence-corrected chi connectivity index (χ3v) is 8.15. The molecule has 1 aliphatic rings. The van der Waals surface area contributed by atoms with E-state index in [1.165, 1.54) is 43.4 Å². The lowest BCUT2D eigenvalue weighted by atomic mass is 9.83. The first-order chi connectivity index (χ1) is 13.7. The number of benzene rings is 3. The Balaban J connectivity index is 1.65. The second kappa shape index (κ2) is 7.64. The number of rotatable bonds is 3. The Morgan fingerprint density at radius 3 is 2.29 bits per heavy atom. The zero-order valence-corrected chi connectivity index (χ0v) is 18.5. The van der Waals surface area contributed by atoms with Gasteiger partial charge in [-0.3, -0.25) is 3.11 Å². The number of fused-ring (bicyclic) bond motifs is 3. The summed E-state index contributed by atoms with van der Waals surface area (Å²) in [6.07, 6.45) is 6.57. The third-order valence-electron chi connectivity index (χ3n) is 5.86. The Morgan fingerprint density at radius 2 is 1.46 bits per heavy atom. The van der Waals surface area contributed by atoms with Crippen LogP contribution in [0.2, 0.25) is 0 Å². The van der Waals surface area contributed by atoms with Crippen molar-refractivity contribution in [3.05, 3.63) is 72.0 Å². The van der Waals surface area contributed by atoms with Gasteiger partial charge in [-0.2, -0.15) is 0 Å². The van der Waals surface area contributed by atoms with Crippen LogP contribution < -0.4 is 3.11 Å². The van der Waals surface area contributed by atoms with Gasteiger partial charge in [0.2, 0.25) is 0 Å².